The molecule has 0 spiro atoms. The molecular weight excluding hydrogens is 396 g/mol. The number of hydrogen-bond donors (Lipinski definition) is 0. The summed E-state index contributed by atoms with van der Waals surface area (Å²) in [4.78, 5) is 41.0. The highest BCUT2D eigenvalue weighted by Crippen LogP contribution is 2.19. The van der Waals surface area contributed by atoms with Crippen molar-refractivity contribution in [3.63, 3.8) is 0 Å². The Morgan fingerprint density at radius 2 is 1.94 bits per heavy atom. The average Bonchev–Trinajstić information content (AvgIpc) is 2.79. The molecule has 1 saturated heterocycles. The van der Waals surface area contributed by atoms with Gasteiger partial charge in [0.25, 0.3) is 0 Å². The molecule has 0 N–H and O–H groups in total. The van der Waals surface area contributed by atoms with E-state index in [0.29, 0.717) is 32.8 Å². The highest BCUT2D eigenvalue weighted by atomic mass is 16.5. The van der Waals surface area contributed by atoms with Gasteiger partial charge in [0, 0.05) is 32.1 Å². The quantitative estimate of drug-likeness (QED) is 0.503. The number of ether oxygens (including phenoxy) is 2. The van der Waals surface area contributed by atoms with Crippen molar-refractivity contribution in [1.29, 1.82) is 0 Å². The fraction of sp³-hybridized carbons (Fsp3) is 0.625. The maximum atomic E-state index is 12.8. The van der Waals surface area contributed by atoms with Crippen LogP contribution in [0.4, 0.5) is 0 Å². The van der Waals surface area contributed by atoms with Gasteiger partial charge in [-0.15, -0.1) is 0 Å². The Balaban J connectivity index is 1.85. The number of piperidine rings is 1. The molecule has 1 aliphatic heterocycles. The van der Waals surface area contributed by atoms with Gasteiger partial charge < -0.3 is 19.3 Å². The van der Waals surface area contributed by atoms with Crippen LogP contribution in [-0.4, -0.2) is 66.5 Å². The van der Waals surface area contributed by atoms with Crippen molar-refractivity contribution in [2.24, 2.45) is 5.92 Å². The fourth-order valence-corrected chi connectivity index (χ4v) is 3.75. The van der Waals surface area contributed by atoms with Crippen molar-refractivity contribution >= 4 is 17.8 Å². The van der Waals surface area contributed by atoms with Crippen molar-refractivity contribution < 1.29 is 23.9 Å². The molecule has 0 saturated carbocycles. The van der Waals surface area contributed by atoms with Crippen LogP contribution in [-0.2, 0) is 30.5 Å². The van der Waals surface area contributed by atoms with Crippen molar-refractivity contribution in [3.8, 4) is 0 Å². The van der Waals surface area contributed by atoms with E-state index in [4.69, 9.17) is 9.47 Å². The van der Waals surface area contributed by atoms with Crippen LogP contribution in [0.3, 0.4) is 0 Å². The van der Waals surface area contributed by atoms with Crippen LogP contribution in [0.1, 0.15) is 52.0 Å². The Kier molecular flexibility index (Phi) is 10.5. The molecule has 0 radical (unpaired) electrons. The van der Waals surface area contributed by atoms with Crippen molar-refractivity contribution in [3.05, 3.63) is 35.9 Å². The van der Waals surface area contributed by atoms with E-state index < -0.39 is 0 Å². The summed E-state index contributed by atoms with van der Waals surface area (Å²) >= 11 is 0. The van der Waals surface area contributed by atoms with Gasteiger partial charge in [-0.3, -0.25) is 14.4 Å². The third kappa shape index (κ3) is 7.98. The lowest BCUT2D eigenvalue weighted by Crippen LogP contribution is -2.46. The van der Waals surface area contributed by atoms with E-state index in [1.54, 1.807) is 16.7 Å². The second kappa shape index (κ2) is 13.1. The zero-order chi connectivity index (χ0) is 22.6. The molecule has 7 nitrogen and oxygen atoms in total. The smallest absolute Gasteiger partial charge is 0.310 e. The van der Waals surface area contributed by atoms with Crippen LogP contribution in [0.15, 0.2) is 30.3 Å². The number of hydrogen-bond acceptors (Lipinski definition) is 5. The van der Waals surface area contributed by atoms with Crippen LogP contribution in [0, 0.1) is 5.92 Å². The van der Waals surface area contributed by atoms with Gasteiger partial charge in [-0.1, -0.05) is 37.3 Å². The molecule has 1 aromatic rings. The van der Waals surface area contributed by atoms with Gasteiger partial charge in [0.2, 0.25) is 11.8 Å². The van der Waals surface area contributed by atoms with E-state index >= 15 is 0 Å². The van der Waals surface area contributed by atoms with Gasteiger partial charge in [0.15, 0.2) is 0 Å². The summed E-state index contributed by atoms with van der Waals surface area (Å²) in [6, 6.07) is 9.74. The third-order valence-corrected chi connectivity index (χ3v) is 5.74. The lowest BCUT2D eigenvalue weighted by molar-refractivity contribution is -0.151. The Morgan fingerprint density at radius 3 is 2.61 bits per heavy atom. The predicted molar refractivity (Wildman–Crippen MR) is 118 cm³/mol. The molecule has 0 aliphatic carbocycles. The van der Waals surface area contributed by atoms with Gasteiger partial charge in [-0.25, -0.2) is 0 Å². The average molecular weight is 433 g/mol. The van der Waals surface area contributed by atoms with E-state index in [2.05, 4.69) is 0 Å². The SMILES string of the molecule is CCOC(=O)C1CCCN(C(=O)CCN(C(=O)COCc2ccccc2)C(C)CC)C1. The number of rotatable bonds is 11. The second-order valence-corrected chi connectivity index (χ2v) is 8.00. The van der Waals surface area contributed by atoms with Gasteiger partial charge in [0.1, 0.15) is 6.61 Å². The Labute approximate surface area is 185 Å². The first-order valence-electron chi connectivity index (χ1n) is 11.3. The summed E-state index contributed by atoms with van der Waals surface area (Å²) in [5, 5.41) is 0. The maximum Gasteiger partial charge on any atom is 0.310 e. The molecule has 7 heteroatoms. The van der Waals surface area contributed by atoms with Crippen LogP contribution >= 0.6 is 0 Å². The number of nitrogens with zero attached hydrogens (tertiary/aromatic N) is 2. The van der Waals surface area contributed by atoms with Crippen LogP contribution < -0.4 is 0 Å². The van der Waals surface area contributed by atoms with E-state index in [0.717, 1.165) is 24.8 Å². The van der Waals surface area contributed by atoms with Gasteiger partial charge in [0.05, 0.1) is 19.1 Å². The number of esters is 1. The number of likely N-dealkylation sites (tertiary alicyclic amines) is 1. The second-order valence-electron chi connectivity index (χ2n) is 8.00. The summed E-state index contributed by atoms with van der Waals surface area (Å²) in [5.41, 5.74) is 1.02. The minimum Gasteiger partial charge on any atom is -0.466 e. The van der Waals surface area contributed by atoms with E-state index in [9.17, 15) is 14.4 Å². The summed E-state index contributed by atoms with van der Waals surface area (Å²) in [7, 11) is 0. The molecule has 2 rings (SSSR count). The molecule has 2 unspecified atom stereocenters. The minimum absolute atomic E-state index is 0.0118. The lowest BCUT2D eigenvalue weighted by Gasteiger charge is -2.33. The first-order valence-corrected chi connectivity index (χ1v) is 11.3. The molecule has 0 aromatic heterocycles. The van der Waals surface area contributed by atoms with Crippen LogP contribution in [0.2, 0.25) is 0 Å². The van der Waals surface area contributed by atoms with Crippen molar-refractivity contribution in [1.82, 2.24) is 9.80 Å². The van der Waals surface area contributed by atoms with E-state index in [1.165, 1.54) is 0 Å². The lowest BCUT2D eigenvalue weighted by atomic mass is 9.98. The van der Waals surface area contributed by atoms with Crippen molar-refractivity contribution in [2.75, 3.05) is 32.8 Å². The maximum absolute atomic E-state index is 12.8. The third-order valence-electron chi connectivity index (χ3n) is 5.74. The molecule has 31 heavy (non-hydrogen) atoms. The molecule has 1 fully saturated rings. The standard InChI is InChI=1S/C24H36N2O5/c1-4-19(3)26(23(28)18-30-17-20-10-7-6-8-11-20)15-13-22(27)25-14-9-12-21(16-25)24(29)31-5-2/h6-8,10-11,19,21H,4-5,9,12-18H2,1-3H3. The van der Waals surface area contributed by atoms with Gasteiger partial charge in [-0.05, 0) is 38.7 Å². The van der Waals surface area contributed by atoms with Crippen LogP contribution in [0.25, 0.3) is 0 Å². The summed E-state index contributed by atoms with van der Waals surface area (Å²) in [6.07, 6.45) is 2.58. The summed E-state index contributed by atoms with van der Waals surface area (Å²) in [6.45, 7) is 7.90. The van der Waals surface area contributed by atoms with Gasteiger partial charge in [-0.2, -0.15) is 0 Å². The summed E-state index contributed by atoms with van der Waals surface area (Å²) in [5.74, 6) is -0.621. The Bertz CT molecular complexity index is 709. The normalized spacial score (nSPS) is 17.1. The summed E-state index contributed by atoms with van der Waals surface area (Å²) < 4.78 is 10.7. The predicted octanol–water partition coefficient (Wildman–Crippen LogP) is 3.02. The zero-order valence-corrected chi connectivity index (χ0v) is 19.0. The first-order chi connectivity index (χ1) is 15.0. The fourth-order valence-electron chi connectivity index (χ4n) is 3.75. The molecule has 172 valence electrons. The topological polar surface area (TPSA) is 76.2 Å². The van der Waals surface area contributed by atoms with Gasteiger partial charge >= 0.3 is 5.97 Å². The number of carbonyl (C=O) groups is 3. The first kappa shape index (κ1) is 24.9. The molecule has 0 bridgehead atoms. The van der Waals surface area contributed by atoms with Crippen molar-refractivity contribution in [2.45, 2.75) is 59.1 Å². The Morgan fingerprint density at radius 1 is 1.19 bits per heavy atom. The number of amides is 2. The number of benzene rings is 1. The number of carbonyl (C=O) groups excluding carboxylic acids is 3. The molecule has 2 amide bonds. The minimum atomic E-state index is -0.253. The molecule has 1 aromatic carbocycles. The molecule has 2 atom stereocenters. The Hall–Kier alpha value is -2.41. The highest BCUT2D eigenvalue weighted by Gasteiger charge is 2.30. The monoisotopic (exact) mass is 432 g/mol. The largest absolute Gasteiger partial charge is 0.466 e. The van der Waals surface area contributed by atoms with Crippen LogP contribution in [0.5, 0.6) is 0 Å². The molecular formula is C24H36N2O5. The molecule has 1 aliphatic rings. The molecule has 1 heterocycles. The van der Waals surface area contributed by atoms with E-state index in [-0.39, 0.29) is 42.8 Å². The van der Waals surface area contributed by atoms with E-state index in [1.807, 2.05) is 44.2 Å². The zero-order valence-electron chi connectivity index (χ0n) is 19.0. The highest BCUT2D eigenvalue weighted by molar-refractivity contribution is 5.81.